The summed E-state index contributed by atoms with van der Waals surface area (Å²) in [4.78, 5) is 24.0. The first-order valence-corrected chi connectivity index (χ1v) is 13.6. The molecule has 196 valence electrons. The fourth-order valence-corrected chi connectivity index (χ4v) is 5.37. The molecule has 1 saturated heterocycles. The molecule has 3 heterocycles. The van der Waals surface area contributed by atoms with E-state index in [2.05, 4.69) is 38.2 Å². The lowest BCUT2D eigenvalue weighted by molar-refractivity contribution is 0.0577. The molecular formula is C30H24F2IN5O. The largest absolute Gasteiger partial charge is 0.340 e. The molecule has 4 aromatic rings. The van der Waals surface area contributed by atoms with Gasteiger partial charge in [-0.3, -0.25) is 9.79 Å². The third-order valence-corrected chi connectivity index (χ3v) is 7.73. The maximum Gasteiger partial charge on any atom is 0.253 e. The van der Waals surface area contributed by atoms with Crippen molar-refractivity contribution in [2.24, 2.45) is 4.99 Å². The summed E-state index contributed by atoms with van der Waals surface area (Å²) in [6.45, 7) is 1.66. The van der Waals surface area contributed by atoms with Crippen molar-refractivity contribution in [1.82, 2.24) is 15.2 Å². The summed E-state index contributed by atoms with van der Waals surface area (Å²) in [5.41, 5.74) is 4.50. The second kappa shape index (κ2) is 10.5. The first kappa shape index (κ1) is 25.6. The number of carbonyl (C=O) groups excluding carboxylic acids is 1. The van der Waals surface area contributed by atoms with Crippen molar-refractivity contribution in [2.75, 3.05) is 25.5 Å². The number of hydrogen-bond donors (Lipinski definition) is 2. The van der Waals surface area contributed by atoms with E-state index in [0.29, 0.717) is 41.8 Å². The summed E-state index contributed by atoms with van der Waals surface area (Å²) in [5.74, 6) is -0.683. The minimum atomic E-state index is -0.655. The fourth-order valence-electron chi connectivity index (χ4n) is 4.88. The Kier molecular flexibility index (Phi) is 6.86. The maximum atomic E-state index is 14.8. The van der Waals surface area contributed by atoms with Gasteiger partial charge in [-0.05, 0) is 84.2 Å². The van der Waals surface area contributed by atoms with E-state index in [4.69, 9.17) is 4.98 Å². The topological polar surface area (TPSA) is 69.6 Å². The van der Waals surface area contributed by atoms with Crippen LogP contribution in [0.5, 0.6) is 0 Å². The van der Waals surface area contributed by atoms with Crippen LogP contribution in [0, 0.1) is 15.2 Å². The molecule has 9 heteroatoms. The van der Waals surface area contributed by atoms with E-state index in [0.717, 1.165) is 20.4 Å². The van der Waals surface area contributed by atoms with E-state index in [-0.39, 0.29) is 23.7 Å². The minimum Gasteiger partial charge on any atom is -0.340 e. The van der Waals surface area contributed by atoms with E-state index < -0.39 is 11.6 Å². The number of rotatable bonds is 5. The molecule has 1 fully saturated rings. The second-order valence-electron chi connectivity index (χ2n) is 9.55. The molecule has 6 nitrogen and oxygen atoms in total. The number of halogens is 3. The van der Waals surface area contributed by atoms with Crippen LogP contribution in [0.2, 0.25) is 0 Å². The van der Waals surface area contributed by atoms with Crippen LogP contribution in [-0.4, -0.2) is 47.7 Å². The number of amides is 1. The number of pyridine rings is 1. The number of likely N-dealkylation sites (tertiary alicyclic amines) is 1. The van der Waals surface area contributed by atoms with Crippen molar-refractivity contribution in [3.63, 3.8) is 0 Å². The zero-order valence-corrected chi connectivity index (χ0v) is 23.2. The van der Waals surface area contributed by atoms with Gasteiger partial charge < -0.3 is 15.5 Å². The van der Waals surface area contributed by atoms with Crippen LogP contribution in [-0.2, 0) is 6.54 Å². The van der Waals surface area contributed by atoms with Crippen molar-refractivity contribution in [3.05, 3.63) is 110 Å². The van der Waals surface area contributed by atoms with Gasteiger partial charge in [-0.15, -0.1) is 0 Å². The Hall–Kier alpha value is -3.70. The highest BCUT2D eigenvalue weighted by Crippen LogP contribution is 2.35. The molecule has 2 aliphatic rings. The number of hydrogen-bond acceptors (Lipinski definition) is 5. The van der Waals surface area contributed by atoms with Gasteiger partial charge in [-0.2, -0.15) is 0 Å². The molecule has 1 amide bonds. The fraction of sp³-hybridized carbons (Fsp3) is 0.167. The van der Waals surface area contributed by atoms with Crippen LogP contribution in [0.3, 0.4) is 0 Å². The third kappa shape index (κ3) is 4.92. The Labute approximate surface area is 238 Å². The Morgan fingerprint density at radius 2 is 1.72 bits per heavy atom. The van der Waals surface area contributed by atoms with Gasteiger partial charge in [0.25, 0.3) is 5.91 Å². The highest BCUT2D eigenvalue weighted by atomic mass is 127. The molecule has 0 unspecified atom stereocenters. The number of aliphatic imine (C=N–C) groups is 1. The van der Waals surface area contributed by atoms with Crippen molar-refractivity contribution >= 4 is 45.7 Å². The van der Waals surface area contributed by atoms with Gasteiger partial charge in [0.15, 0.2) is 0 Å². The van der Waals surface area contributed by atoms with E-state index in [1.807, 2.05) is 54.4 Å². The van der Waals surface area contributed by atoms with Crippen LogP contribution < -0.4 is 10.6 Å². The van der Waals surface area contributed by atoms with Crippen molar-refractivity contribution in [1.29, 1.82) is 0 Å². The molecule has 0 radical (unpaired) electrons. The lowest BCUT2D eigenvalue weighted by atomic mass is 9.94. The number of aromatic nitrogens is 1. The number of benzene rings is 3. The lowest BCUT2D eigenvalue weighted by Gasteiger charge is -2.39. The van der Waals surface area contributed by atoms with Crippen LogP contribution in [0.4, 0.5) is 20.3 Å². The average molecular weight is 635 g/mol. The molecule has 1 aromatic heterocycles. The molecule has 0 aliphatic carbocycles. The van der Waals surface area contributed by atoms with Gasteiger partial charge in [-0.25, -0.2) is 13.8 Å². The summed E-state index contributed by atoms with van der Waals surface area (Å²) < 4.78 is 30.5. The summed E-state index contributed by atoms with van der Waals surface area (Å²) in [6.07, 6.45) is 0. The van der Waals surface area contributed by atoms with E-state index in [1.165, 1.54) is 18.2 Å². The monoisotopic (exact) mass is 635 g/mol. The van der Waals surface area contributed by atoms with E-state index >= 15 is 0 Å². The Bertz CT molecular complexity index is 1600. The molecule has 3 aromatic carbocycles. The Balaban J connectivity index is 1.30. The molecule has 6 rings (SSSR count). The highest BCUT2D eigenvalue weighted by Gasteiger charge is 2.30. The zero-order valence-electron chi connectivity index (χ0n) is 21.0. The molecule has 0 bridgehead atoms. The molecule has 0 saturated carbocycles. The number of fused-ring (bicyclic) bond motifs is 3. The quantitative estimate of drug-likeness (QED) is 0.274. The lowest BCUT2D eigenvalue weighted by Crippen LogP contribution is -2.58. The van der Waals surface area contributed by atoms with Gasteiger partial charge in [0, 0.05) is 50.6 Å². The minimum absolute atomic E-state index is 0.0181. The predicted molar refractivity (Wildman–Crippen MR) is 157 cm³/mol. The van der Waals surface area contributed by atoms with Crippen molar-refractivity contribution in [2.45, 2.75) is 12.6 Å². The molecule has 0 spiro atoms. The highest BCUT2D eigenvalue weighted by molar-refractivity contribution is 14.1. The summed E-state index contributed by atoms with van der Waals surface area (Å²) in [6, 6.07) is 21.0. The Morgan fingerprint density at radius 1 is 0.974 bits per heavy atom. The molecule has 2 N–H and O–H groups in total. The van der Waals surface area contributed by atoms with Gasteiger partial charge in [-0.1, -0.05) is 18.2 Å². The van der Waals surface area contributed by atoms with Gasteiger partial charge in [0.05, 0.1) is 23.5 Å². The summed E-state index contributed by atoms with van der Waals surface area (Å²) >= 11 is 2.18. The van der Waals surface area contributed by atoms with Crippen LogP contribution >= 0.6 is 22.6 Å². The Morgan fingerprint density at radius 3 is 2.44 bits per heavy atom. The normalized spacial score (nSPS) is 14.6. The number of nitrogens with zero attached hydrogens (tertiary/aromatic N) is 3. The molecular weight excluding hydrogens is 611 g/mol. The van der Waals surface area contributed by atoms with Crippen LogP contribution in [0.1, 0.15) is 27.0 Å². The molecule has 2 aliphatic heterocycles. The van der Waals surface area contributed by atoms with E-state index in [1.54, 1.807) is 12.1 Å². The zero-order chi connectivity index (χ0) is 27.1. The average Bonchev–Trinajstić information content (AvgIpc) is 3.05. The van der Waals surface area contributed by atoms with Crippen LogP contribution in [0.15, 0.2) is 77.8 Å². The van der Waals surface area contributed by atoms with E-state index in [9.17, 15) is 13.6 Å². The predicted octanol–water partition coefficient (Wildman–Crippen LogP) is 5.77. The smallest absolute Gasteiger partial charge is 0.253 e. The van der Waals surface area contributed by atoms with Crippen molar-refractivity contribution < 1.29 is 13.6 Å². The number of nitrogens with one attached hydrogen (secondary N) is 2. The first-order chi connectivity index (χ1) is 18.9. The molecule has 39 heavy (non-hydrogen) atoms. The first-order valence-electron chi connectivity index (χ1n) is 12.5. The van der Waals surface area contributed by atoms with Gasteiger partial charge >= 0.3 is 0 Å². The standard InChI is InChI=1S/C30H24F2IN5O/c1-34-21-15-38(16-21)30(39)17-5-9-20(10-6-17)36-26-12-7-18-14-35-29(27-24(31)3-2-4-25(27)32)23-13-19(33)8-11-22(23)28(18)37-26/h2-13,21,34H,14-16H2,1H3,(H,36,37). The maximum absolute atomic E-state index is 14.8. The van der Waals surface area contributed by atoms with Gasteiger partial charge in [0.2, 0.25) is 0 Å². The number of likely N-dealkylation sites (N-methyl/N-ethyl adjacent to an activating group) is 1. The van der Waals surface area contributed by atoms with Crippen LogP contribution in [0.25, 0.3) is 11.3 Å². The van der Waals surface area contributed by atoms with Crippen molar-refractivity contribution in [3.8, 4) is 11.3 Å². The number of anilines is 2. The number of carbonyl (C=O) groups is 1. The third-order valence-electron chi connectivity index (χ3n) is 7.06. The summed E-state index contributed by atoms with van der Waals surface area (Å²) in [5, 5.41) is 6.48. The SMILES string of the molecule is CNC1CN(C(=O)c2ccc(Nc3ccc4c(n3)-c3ccc(I)cc3C(c3c(F)cccc3F)=NC4)cc2)C1. The second-order valence-corrected chi connectivity index (χ2v) is 10.8. The summed E-state index contributed by atoms with van der Waals surface area (Å²) in [7, 11) is 1.90. The molecule has 0 atom stereocenters. The van der Waals surface area contributed by atoms with Gasteiger partial charge in [0.1, 0.15) is 17.5 Å².